The molecule has 0 saturated carbocycles. The molecule has 5 rings (SSSR count). The first-order valence-corrected chi connectivity index (χ1v) is 11.3. The number of anilines is 2. The molecule has 2 saturated heterocycles. The molecule has 2 aromatic heterocycles. The fourth-order valence-corrected chi connectivity index (χ4v) is 4.11. The molecule has 0 bridgehead atoms. The third-order valence-corrected chi connectivity index (χ3v) is 5.83. The quantitative estimate of drug-likeness (QED) is 0.498. The molecule has 3 aromatic rings. The van der Waals surface area contributed by atoms with Crippen LogP contribution in [0, 0.1) is 5.82 Å². The van der Waals surface area contributed by atoms with Crippen molar-refractivity contribution in [3.63, 3.8) is 0 Å². The van der Waals surface area contributed by atoms with E-state index in [1.54, 1.807) is 22.9 Å². The van der Waals surface area contributed by atoms with E-state index >= 15 is 0 Å². The average Bonchev–Trinajstić information content (AvgIpc) is 3.23. The number of halogens is 1. The van der Waals surface area contributed by atoms with Crippen molar-refractivity contribution in [1.29, 1.82) is 0 Å². The number of amides is 1. The molecule has 1 atom stereocenters. The zero-order chi connectivity index (χ0) is 23.5. The maximum absolute atomic E-state index is 13.5. The van der Waals surface area contributed by atoms with Crippen LogP contribution in [0.1, 0.15) is 24.0 Å². The highest BCUT2D eigenvalue weighted by Crippen LogP contribution is 2.23. The number of nitrogens with zero attached hydrogens (tertiary/aromatic N) is 5. The van der Waals surface area contributed by atoms with Crippen molar-refractivity contribution in [3.8, 4) is 0 Å². The number of rotatable bonds is 6. The summed E-state index contributed by atoms with van der Waals surface area (Å²) in [4.78, 5) is 23.2. The molecule has 0 radical (unpaired) electrons. The van der Waals surface area contributed by atoms with Gasteiger partial charge in [-0.1, -0.05) is 12.1 Å². The smallest absolute Gasteiger partial charge is 0.230 e. The third kappa shape index (κ3) is 4.85. The molecule has 2 aliphatic rings. The maximum Gasteiger partial charge on any atom is 0.230 e. The predicted molar refractivity (Wildman–Crippen MR) is 124 cm³/mol. The molecular formula is C23H26FN7O3. The van der Waals surface area contributed by atoms with Gasteiger partial charge in [0.25, 0.3) is 0 Å². The van der Waals surface area contributed by atoms with Crippen molar-refractivity contribution < 1.29 is 19.0 Å². The monoisotopic (exact) mass is 467 g/mol. The number of fused-ring (bicyclic) bond motifs is 1. The molecule has 1 amide bonds. The highest BCUT2D eigenvalue weighted by atomic mass is 19.1. The van der Waals surface area contributed by atoms with E-state index < -0.39 is 6.23 Å². The number of hydrogen-bond acceptors (Lipinski definition) is 8. The lowest BCUT2D eigenvalue weighted by Crippen LogP contribution is -2.28. The van der Waals surface area contributed by atoms with Gasteiger partial charge in [0.1, 0.15) is 12.0 Å². The molecule has 178 valence electrons. The van der Waals surface area contributed by atoms with E-state index in [0.717, 1.165) is 18.5 Å². The summed E-state index contributed by atoms with van der Waals surface area (Å²) in [6.07, 6.45) is 3.96. The fraction of sp³-hybridized carbons (Fsp3) is 0.391. The number of hydrogen-bond donors (Lipinski definition) is 3. The second-order valence-corrected chi connectivity index (χ2v) is 8.31. The number of carbonyl (C=O) groups excluding carboxylic acids is 1. The van der Waals surface area contributed by atoms with Gasteiger partial charge in [-0.2, -0.15) is 19.6 Å². The Bertz CT molecular complexity index is 1220. The van der Waals surface area contributed by atoms with Crippen molar-refractivity contribution in [2.45, 2.75) is 25.5 Å². The van der Waals surface area contributed by atoms with Gasteiger partial charge in [-0.3, -0.25) is 4.79 Å². The molecule has 0 aliphatic carbocycles. The molecule has 10 nitrogen and oxygen atoms in total. The van der Waals surface area contributed by atoms with E-state index in [2.05, 4.69) is 20.6 Å². The summed E-state index contributed by atoms with van der Waals surface area (Å²) in [5.74, 6) is 0.564. The van der Waals surface area contributed by atoms with Gasteiger partial charge in [-0.05, 0) is 42.2 Å². The lowest BCUT2D eigenvalue weighted by atomic mass is 10.1. The second kappa shape index (κ2) is 9.74. The highest BCUT2D eigenvalue weighted by molar-refractivity contribution is 5.85. The predicted octanol–water partition coefficient (Wildman–Crippen LogP) is 1.37. The Morgan fingerprint density at radius 3 is 3.03 bits per heavy atom. The Kier molecular flexibility index (Phi) is 6.37. The normalized spacial score (nSPS) is 20.1. The summed E-state index contributed by atoms with van der Waals surface area (Å²) in [7, 11) is 0. The standard InChI is InChI=1S/C23H26FN7O3/c24-18-4-1-3-15(11-18)5-6-25-22-29-23(30-7-2-9-34-10-8-30)28-20-17(14-26-31(20)22)12-16-13-19(32)27-21(16)33/h1,3-4,11-12,14,21,33H,2,5-10,13H2,(H,27,32)(H,25,28,29). The van der Waals surface area contributed by atoms with Crippen molar-refractivity contribution in [2.75, 3.05) is 43.1 Å². The van der Waals surface area contributed by atoms with Gasteiger partial charge in [-0.25, -0.2) is 4.39 Å². The number of benzene rings is 1. The van der Waals surface area contributed by atoms with Crippen molar-refractivity contribution in [3.05, 3.63) is 53.0 Å². The minimum Gasteiger partial charge on any atom is -0.380 e. The number of ether oxygens (including phenoxy) is 1. The van der Waals surface area contributed by atoms with Gasteiger partial charge in [0.05, 0.1) is 19.2 Å². The molecule has 2 aliphatic heterocycles. The number of aliphatic hydroxyl groups is 1. The van der Waals surface area contributed by atoms with Gasteiger partial charge in [0, 0.05) is 31.8 Å². The lowest BCUT2D eigenvalue weighted by Gasteiger charge is -2.20. The Hall–Kier alpha value is -3.57. The molecule has 1 aromatic carbocycles. The molecular weight excluding hydrogens is 441 g/mol. The van der Waals surface area contributed by atoms with Crippen LogP contribution in [0.2, 0.25) is 0 Å². The van der Waals surface area contributed by atoms with Crippen LogP contribution in [0.5, 0.6) is 0 Å². The highest BCUT2D eigenvalue weighted by Gasteiger charge is 2.25. The summed E-state index contributed by atoms with van der Waals surface area (Å²) in [6, 6.07) is 6.51. The molecule has 11 heteroatoms. The van der Waals surface area contributed by atoms with Crippen LogP contribution in [0.3, 0.4) is 0 Å². The Labute approximate surface area is 195 Å². The minimum absolute atomic E-state index is 0.124. The second-order valence-electron chi connectivity index (χ2n) is 8.31. The van der Waals surface area contributed by atoms with Crippen molar-refractivity contribution in [1.82, 2.24) is 24.9 Å². The van der Waals surface area contributed by atoms with Crippen molar-refractivity contribution >= 4 is 29.5 Å². The minimum atomic E-state index is -1.02. The zero-order valence-electron chi connectivity index (χ0n) is 18.6. The summed E-state index contributed by atoms with van der Waals surface area (Å²) in [6.45, 7) is 3.24. The lowest BCUT2D eigenvalue weighted by molar-refractivity contribution is -0.120. The number of nitrogens with one attached hydrogen (secondary N) is 2. The van der Waals surface area contributed by atoms with E-state index in [9.17, 15) is 14.3 Å². The van der Waals surface area contributed by atoms with Crippen LogP contribution in [0.25, 0.3) is 11.7 Å². The summed E-state index contributed by atoms with van der Waals surface area (Å²) < 4.78 is 20.7. The van der Waals surface area contributed by atoms with E-state index in [4.69, 9.17) is 14.7 Å². The van der Waals surface area contributed by atoms with E-state index in [1.165, 1.54) is 12.1 Å². The molecule has 3 N–H and O–H groups in total. The molecule has 4 heterocycles. The molecule has 1 unspecified atom stereocenters. The van der Waals surface area contributed by atoms with Crippen LogP contribution in [0.4, 0.5) is 16.3 Å². The topological polar surface area (TPSA) is 117 Å². The van der Waals surface area contributed by atoms with Gasteiger partial charge < -0.3 is 25.4 Å². The fourth-order valence-electron chi connectivity index (χ4n) is 4.11. The number of carbonyl (C=O) groups is 1. The van der Waals surface area contributed by atoms with Crippen LogP contribution >= 0.6 is 0 Å². The Balaban J connectivity index is 1.47. The summed E-state index contributed by atoms with van der Waals surface area (Å²) in [5, 5.41) is 20.3. The van der Waals surface area contributed by atoms with E-state index in [-0.39, 0.29) is 18.1 Å². The SMILES string of the molecule is O=C1CC(=Cc2cnn3c(NCCc4cccc(F)c4)nc(N4CCCOCC4)nc23)C(O)N1. The first kappa shape index (κ1) is 22.2. The summed E-state index contributed by atoms with van der Waals surface area (Å²) >= 11 is 0. The van der Waals surface area contributed by atoms with Crippen molar-refractivity contribution in [2.24, 2.45) is 0 Å². The average molecular weight is 468 g/mol. The molecule has 2 fully saturated rings. The van der Waals surface area contributed by atoms with E-state index in [1.807, 2.05) is 6.07 Å². The Morgan fingerprint density at radius 1 is 1.29 bits per heavy atom. The largest absolute Gasteiger partial charge is 0.380 e. The van der Waals surface area contributed by atoms with E-state index in [0.29, 0.717) is 61.4 Å². The molecule has 0 spiro atoms. The first-order chi connectivity index (χ1) is 16.6. The zero-order valence-corrected chi connectivity index (χ0v) is 18.6. The third-order valence-electron chi connectivity index (χ3n) is 5.83. The first-order valence-electron chi connectivity index (χ1n) is 11.3. The van der Waals surface area contributed by atoms with Gasteiger partial charge in [0.2, 0.25) is 17.8 Å². The maximum atomic E-state index is 13.5. The Morgan fingerprint density at radius 2 is 2.21 bits per heavy atom. The van der Waals surface area contributed by atoms with Crippen LogP contribution in [-0.4, -0.2) is 69.7 Å². The molecule has 34 heavy (non-hydrogen) atoms. The van der Waals surface area contributed by atoms with Crippen LogP contribution in [0.15, 0.2) is 36.0 Å². The van der Waals surface area contributed by atoms with Crippen LogP contribution < -0.4 is 15.5 Å². The number of aromatic nitrogens is 4. The van der Waals surface area contributed by atoms with Gasteiger partial charge in [0.15, 0.2) is 5.65 Å². The van der Waals surface area contributed by atoms with Gasteiger partial charge >= 0.3 is 0 Å². The number of aliphatic hydroxyl groups excluding tert-OH is 1. The van der Waals surface area contributed by atoms with Gasteiger partial charge in [-0.15, -0.1) is 0 Å². The summed E-state index contributed by atoms with van der Waals surface area (Å²) in [5.41, 5.74) is 2.67. The van der Waals surface area contributed by atoms with Crippen LogP contribution in [-0.2, 0) is 16.0 Å².